The molecule has 1 heterocycles. The molecule has 0 aromatic heterocycles. The second-order valence-corrected chi connectivity index (χ2v) is 9.19. The van der Waals surface area contributed by atoms with Crippen molar-refractivity contribution in [2.45, 2.75) is 25.4 Å². The summed E-state index contributed by atoms with van der Waals surface area (Å²) in [4.78, 5) is 14.3. The summed E-state index contributed by atoms with van der Waals surface area (Å²) in [5, 5.41) is 9.98. The van der Waals surface area contributed by atoms with Crippen LogP contribution in [0.1, 0.15) is 43.7 Å². The lowest BCUT2D eigenvalue weighted by Crippen LogP contribution is -2.50. The minimum Gasteiger partial charge on any atom is -0.478 e. The lowest BCUT2D eigenvalue weighted by Gasteiger charge is -2.48. The van der Waals surface area contributed by atoms with E-state index in [1.165, 1.54) is 16.7 Å². The molecule has 0 saturated heterocycles. The molecule has 0 atom stereocenters. The van der Waals surface area contributed by atoms with E-state index >= 15 is 0 Å². The number of hydrogen-bond acceptors (Lipinski definition) is 2. The standard InChI is InChI=1S/C30H26ClNO2/c1-21-26-17-18-32(20-22(26)19-27(31)28(21)29(33)34)30(23-11-5-2-6-12-23,24-13-7-3-8-14-24)25-15-9-4-10-16-25/h2-16,19H,17-18,20H2,1H3,(H,33,34). The zero-order valence-corrected chi connectivity index (χ0v) is 19.8. The fourth-order valence-corrected chi connectivity index (χ4v) is 5.89. The van der Waals surface area contributed by atoms with Gasteiger partial charge in [-0.1, -0.05) is 103 Å². The maximum absolute atomic E-state index is 11.8. The Hall–Kier alpha value is -3.40. The van der Waals surface area contributed by atoms with E-state index in [0.29, 0.717) is 11.6 Å². The molecule has 1 N–H and O–H groups in total. The summed E-state index contributed by atoms with van der Waals surface area (Å²) in [6, 6.07) is 33.7. The second kappa shape index (κ2) is 9.09. The molecule has 4 heteroatoms. The first-order chi connectivity index (χ1) is 16.5. The number of rotatable bonds is 5. The maximum Gasteiger partial charge on any atom is 0.337 e. The molecule has 3 nitrogen and oxygen atoms in total. The Morgan fingerprint density at radius 3 is 1.76 bits per heavy atom. The average molecular weight is 468 g/mol. The highest BCUT2D eigenvalue weighted by molar-refractivity contribution is 6.33. The first-order valence-corrected chi connectivity index (χ1v) is 11.9. The predicted molar refractivity (Wildman–Crippen MR) is 136 cm³/mol. The molecule has 0 fully saturated rings. The summed E-state index contributed by atoms with van der Waals surface area (Å²) in [6.07, 6.45) is 0.757. The Bertz CT molecular complexity index is 1220. The normalized spacial score (nSPS) is 13.9. The molecule has 0 amide bonds. The number of carboxylic acids is 1. The maximum atomic E-state index is 11.8. The van der Waals surface area contributed by atoms with Crippen LogP contribution in [0.4, 0.5) is 0 Å². The molecular formula is C30H26ClNO2. The van der Waals surface area contributed by atoms with Gasteiger partial charge in [0.05, 0.1) is 16.1 Å². The fraction of sp³-hybridized carbons (Fsp3) is 0.167. The van der Waals surface area contributed by atoms with Gasteiger partial charge in [-0.15, -0.1) is 0 Å². The zero-order valence-electron chi connectivity index (χ0n) is 19.0. The lowest BCUT2D eigenvalue weighted by atomic mass is 9.74. The summed E-state index contributed by atoms with van der Waals surface area (Å²) in [5.74, 6) is -0.972. The third-order valence-corrected chi connectivity index (χ3v) is 7.31. The largest absolute Gasteiger partial charge is 0.478 e. The van der Waals surface area contributed by atoms with Gasteiger partial charge in [-0.25, -0.2) is 4.79 Å². The van der Waals surface area contributed by atoms with Gasteiger partial charge < -0.3 is 5.11 Å². The van der Waals surface area contributed by atoms with Crippen molar-refractivity contribution in [3.8, 4) is 0 Å². The smallest absolute Gasteiger partial charge is 0.337 e. The van der Waals surface area contributed by atoms with Crippen LogP contribution in [0.3, 0.4) is 0 Å². The first-order valence-electron chi connectivity index (χ1n) is 11.5. The van der Waals surface area contributed by atoms with E-state index in [2.05, 4.69) is 77.7 Å². The molecular weight excluding hydrogens is 442 g/mol. The Balaban J connectivity index is 1.74. The number of hydrogen-bond donors (Lipinski definition) is 1. The van der Waals surface area contributed by atoms with Crippen LogP contribution in [0, 0.1) is 6.92 Å². The minimum absolute atomic E-state index is 0.217. The highest BCUT2D eigenvalue weighted by Gasteiger charge is 2.43. The van der Waals surface area contributed by atoms with E-state index in [4.69, 9.17) is 11.6 Å². The molecule has 0 aliphatic carbocycles. The summed E-state index contributed by atoms with van der Waals surface area (Å²) < 4.78 is 0. The molecule has 4 aromatic rings. The van der Waals surface area contributed by atoms with Crippen LogP contribution in [-0.2, 0) is 18.5 Å². The number of nitrogens with zero attached hydrogens (tertiary/aromatic N) is 1. The van der Waals surface area contributed by atoms with Crippen LogP contribution in [0.2, 0.25) is 5.02 Å². The number of aromatic carboxylic acids is 1. The summed E-state index contributed by atoms with van der Waals surface area (Å²) in [7, 11) is 0. The third-order valence-electron chi connectivity index (χ3n) is 7.01. The monoisotopic (exact) mass is 467 g/mol. The van der Waals surface area contributed by atoms with Crippen molar-refractivity contribution in [1.29, 1.82) is 0 Å². The van der Waals surface area contributed by atoms with Crippen LogP contribution >= 0.6 is 11.6 Å². The summed E-state index contributed by atoms with van der Waals surface area (Å²) in [5.41, 5.74) is 6.26. The van der Waals surface area contributed by atoms with Crippen molar-refractivity contribution in [2.24, 2.45) is 0 Å². The average Bonchev–Trinajstić information content (AvgIpc) is 2.86. The van der Waals surface area contributed by atoms with Crippen molar-refractivity contribution >= 4 is 17.6 Å². The number of halogens is 1. The van der Waals surface area contributed by atoms with Crippen LogP contribution in [0.25, 0.3) is 0 Å². The zero-order chi connectivity index (χ0) is 23.7. The number of carboxylic acid groups (broad SMARTS) is 1. The Kier molecular flexibility index (Phi) is 5.99. The number of fused-ring (bicyclic) bond motifs is 1. The minimum atomic E-state index is -0.972. The molecule has 4 aromatic carbocycles. The first kappa shape index (κ1) is 22.4. The topological polar surface area (TPSA) is 40.5 Å². The molecule has 1 aliphatic heterocycles. The van der Waals surface area contributed by atoms with Crippen molar-refractivity contribution in [3.05, 3.63) is 141 Å². The van der Waals surface area contributed by atoms with E-state index in [0.717, 1.165) is 29.7 Å². The quantitative estimate of drug-likeness (QED) is 0.332. The summed E-state index contributed by atoms with van der Waals surface area (Å²) >= 11 is 6.48. The fourth-order valence-electron chi connectivity index (χ4n) is 5.54. The van der Waals surface area contributed by atoms with Gasteiger partial charge in [-0.2, -0.15) is 0 Å². The van der Waals surface area contributed by atoms with Gasteiger partial charge in [0.2, 0.25) is 0 Å². The van der Waals surface area contributed by atoms with E-state index in [9.17, 15) is 9.90 Å². The van der Waals surface area contributed by atoms with E-state index in [-0.39, 0.29) is 5.56 Å². The third kappa shape index (κ3) is 3.62. The molecule has 0 radical (unpaired) electrons. The van der Waals surface area contributed by atoms with Gasteiger partial charge in [0, 0.05) is 13.1 Å². The van der Waals surface area contributed by atoms with E-state index in [1.54, 1.807) is 0 Å². The molecule has 0 saturated carbocycles. The molecule has 0 unspecified atom stereocenters. The molecule has 170 valence electrons. The van der Waals surface area contributed by atoms with Crippen LogP contribution in [0.5, 0.6) is 0 Å². The lowest BCUT2D eigenvalue weighted by molar-refractivity contribution is 0.0696. The van der Waals surface area contributed by atoms with E-state index < -0.39 is 11.5 Å². The van der Waals surface area contributed by atoms with E-state index in [1.807, 2.05) is 31.2 Å². The molecule has 0 spiro atoms. The molecule has 34 heavy (non-hydrogen) atoms. The predicted octanol–water partition coefficient (Wildman–Crippen LogP) is 6.70. The highest BCUT2D eigenvalue weighted by Crippen LogP contribution is 2.45. The molecule has 0 bridgehead atoms. The van der Waals surface area contributed by atoms with Gasteiger partial charge in [0.25, 0.3) is 0 Å². The Labute approximate surface area is 205 Å². The number of carbonyl (C=O) groups is 1. The highest BCUT2D eigenvalue weighted by atomic mass is 35.5. The van der Waals surface area contributed by atoms with Crippen molar-refractivity contribution < 1.29 is 9.90 Å². The Morgan fingerprint density at radius 2 is 1.32 bits per heavy atom. The SMILES string of the molecule is Cc1c2c(cc(Cl)c1C(=O)O)CN(C(c1ccccc1)(c1ccccc1)c1ccccc1)CC2. The van der Waals surface area contributed by atoms with Gasteiger partial charge in [0.15, 0.2) is 0 Å². The van der Waals surface area contributed by atoms with Crippen molar-refractivity contribution in [1.82, 2.24) is 4.90 Å². The van der Waals surface area contributed by atoms with Crippen LogP contribution in [0.15, 0.2) is 97.1 Å². The van der Waals surface area contributed by atoms with Crippen LogP contribution in [-0.4, -0.2) is 22.5 Å². The van der Waals surface area contributed by atoms with Crippen LogP contribution < -0.4 is 0 Å². The van der Waals surface area contributed by atoms with Gasteiger partial charge >= 0.3 is 5.97 Å². The van der Waals surface area contributed by atoms with Gasteiger partial charge in [-0.05, 0) is 52.8 Å². The number of benzene rings is 4. The van der Waals surface area contributed by atoms with Crippen molar-refractivity contribution in [2.75, 3.05) is 6.54 Å². The van der Waals surface area contributed by atoms with Gasteiger partial charge in [0.1, 0.15) is 0 Å². The van der Waals surface area contributed by atoms with Crippen molar-refractivity contribution in [3.63, 3.8) is 0 Å². The second-order valence-electron chi connectivity index (χ2n) is 8.78. The molecule has 1 aliphatic rings. The Morgan fingerprint density at radius 1 is 0.853 bits per heavy atom. The van der Waals surface area contributed by atoms with Gasteiger partial charge in [-0.3, -0.25) is 4.90 Å². The molecule has 5 rings (SSSR count). The summed E-state index contributed by atoms with van der Waals surface area (Å²) in [6.45, 7) is 3.32.